The first-order chi connectivity index (χ1) is 10.2. The van der Waals surface area contributed by atoms with Crippen molar-refractivity contribution in [3.05, 3.63) is 42.4 Å². The predicted molar refractivity (Wildman–Crippen MR) is 78.3 cm³/mol. The maximum Gasteiger partial charge on any atom is 0.262 e. The van der Waals surface area contributed by atoms with E-state index in [2.05, 4.69) is 20.6 Å². The van der Waals surface area contributed by atoms with Crippen LogP contribution in [-0.4, -0.2) is 35.4 Å². The molecule has 2 amide bonds. The van der Waals surface area contributed by atoms with Gasteiger partial charge in [-0.3, -0.25) is 19.5 Å². The van der Waals surface area contributed by atoms with Crippen LogP contribution in [0.5, 0.6) is 0 Å². The number of aromatic nitrogens is 2. The Morgan fingerprint density at radius 2 is 2.24 bits per heavy atom. The van der Waals surface area contributed by atoms with E-state index in [-0.39, 0.29) is 18.4 Å². The molecule has 0 saturated heterocycles. The summed E-state index contributed by atoms with van der Waals surface area (Å²) in [4.78, 5) is 34.0. The van der Waals surface area contributed by atoms with Crippen molar-refractivity contribution in [2.24, 2.45) is 0 Å². The molecule has 0 spiro atoms. The van der Waals surface area contributed by atoms with Gasteiger partial charge in [0.15, 0.2) is 0 Å². The van der Waals surface area contributed by atoms with Crippen molar-refractivity contribution in [3.8, 4) is 0 Å². The number of carbonyl (C=O) groups excluding carboxylic acids is 2. The Morgan fingerprint density at radius 1 is 1.38 bits per heavy atom. The molecule has 3 rings (SSSR count). The monoisotopic (exact) mass is 283 g/mol. The van der Waals surface area contributed by atoms with Crippen LogP contribution in [0.25, 0.3) is 0 Å². The fraction of sp³-hybridized carbons (Fsp3) is 0.143. The van der Waals surface area contributed by atoms with E-state index in [1.807, 2.05) is 0 Å². The van der Waals surface area contributed by atoms with E-state index in [0.717, 1.165) is 0 Å². The quantitative estimate of drug-likeness (QED) is 0.862. The van der Waals surface area contributed by atoms with E-state index >= 15 is 0 Å². The van der Waals surface area contributed by atoms with Crippen molar-refractivity contribution >= 4 is 29.0 Å². The molecule has 0 bridgehead atoms. The molecule has 3 heterocycles. The summed E-state index contributed by atoms with van der Waals surface area (Å²) in [7, 11) is 1.69. The summed E-state index contributed by atoms with van der Waals surface area (Å²) in [5.74, 6) is -0.0578. The molecule has 2 N–H and O–H groups in total. The fourth-order valence-corrected chi connectivity index (χ4v) is 2.24. The average molecular weight is 283 g/mol. The van der Waals surface area contributed by atoms with Crippen LogP contribution in [0.15, 0.2) is 36.8 Å². The van der Waals surface area contributed by atoms with Gasteiger partial charge in [-0.25, -0.2) is 4.98 Å². The van der Waals surface area contributed by atoms with E-state index < -0.39 is 0 Å². The van der Waals surface area contributed by atoms with Gasteiger partial charge in [0.2, 0.25) is 5.91 Å². The van der Waals surface area contributed by atoms with Crippen molar-refractivity contribution in [3.63, 3.8) is 0 Å². The number of nitrogens with zero attached hydrogens (tertiary/aromatic N) is 3. The molecular weight excluding hydrogens is 270 g/mol. The van der Waals surface area contributed by atoms with Crippen molar-refractivity contribution in [2.75, 3.05) is 29.1 Å². The minimum Gasteiger partial charge on any atom is -0.372 e. The summed E-state index contributed by atoms with van der Waals surface area (Å²) in [5.41, 5.74) is 1.56. The van der Waals surface area contributed by atoms with Gasteiger partial charge < -0.3 is 10.6 Å². The topological polar surface area (TPSA) is 87.2 Å². The minimum atomic E-state index is -0.283. The molecule has 106 valence electrons. The highest BCUT2D eigenvalue weighted by atomic mass is 16.2. The maximum absolute atomic E-state index is 12.7. The fourth-order valence-electron chi connectivity index (χ4n) is 2.24. The lowest BCUT2D eigenvalue weighted by molar-refractivity contribution is -0.115. The van der Waals surface area contributed by atoms with Gasteiger partial charge in [-0.05, 0) is 18.2 Å². The second-order valence-electron chi connectivity index (χ2n) is 4.48. The Balaban J connectivity index is 2.04. The van der Waals surface area contributed by atoms with Crippen LogP contribution in [-0.2, 0) is 4.79 Å². The van der Waals surface area contributed by atoms with Gasteiger partial charge in [0, 0.05) is 19.4 Å². The highest BCUT2D eigenvalue weighted by Gasteiger charge is 2.29. The van der Waals surface area contributed by atoms with Crippen LogP contribution in [0.1, 0.15) is 10.4 Å². The third-order valence-electron chi connectivity index (χ3n) is 3.18. The smallest absolute Gasteiger partial charge is 0.262 e. The lowest BCUT2D eigenvalue weighted by atomic mass is 10.1. The predicted octanol–water partition coefficient (Wildman–Crippen LogP) is 1.12. The summed E-state index contributed by atoms with van der Waals surface area (Å²) >= 11 is 0. The van der Waals surface area contributed by atoms with E-state index in [1.165, 1.54) is 11.1 Å². The highest BCUT2D eigenvalue weighted by Crippen LogP contribution is 2.30. The second-order valence-corrected chi connectivity index (χ2v) is 4.48. The molecule has 21 heavy (non-hydrogen) atoms. The van der Waals surface area contributed by atoms with Gasteiger partial charge in [0.1, 0.15) is 12.4 Å². The molecule has 7 nitrogen and oxygen atoms in total. The number of amides is 2. The molecule has 0 aromatic carbocycles. The van der Waals surface area contributed by atoms with Crippen LogP contribution in [0, 0.1) is 0 Å². The number of anilines is 3. The van der Waals surface area contributed by atoms with Gasteiger partial charge in [-0.15, -0.1) is 0 Å². The molecule has 0 saturated carbocycles. The van der Waals surface area contributed by atoms with Crippen LogP contribution in [0.2, 0.25) is 0 Å². The van der Waals surface area contributed by atoms with Gasteiger partial charge in [0.05, 0.1) is 23.1 Å². The van der Waals surface area contributed by atoms with Crippen LogP contribution >= 0.6 is 0 Å². The van der Waals surface area contributed by atoms with Crippen LogP contribution in [0.4, 0.5) is 17.2 Å². The third kappa shape index (κ3) is 2.29. The minimum absolute atomic E-state index is 0.0338. The lowest BCUT2D eigenvalue weighted by Gasteiger charge is -2.29. The molecular formula is C14H13N5O2. The third-order valence-corrected chi connectivity index (χ3v) is 3.18. The first-order valence-corrected chi connectivity index (χ1v) is 6.39. The number of hydrogen-bond acceptors (Lipinski definition) is 5. The van der Waals surface area contributed by atoms with E-state index in [9.17, 15) is 9.59 Å². The molecule has 2 aromatic heterocycles. The molecule has 0 unspecified atom stereocenters. The van der Waals surface area contributed by atoms with Crippen molar-refractivity contribution in [1.29, 1.82) is 0 Å². The van der Waals surface area contributed by atoms with Gasteiger partial charge in [-0.1, -0.05) is 0 Å². The average Bonchev–Trinajstić information content (AvgIpc) is 2.53. The Hall–Kier alpha value is -2.96. The maximum atomic E-state index is 12.7. The lowest BCUT2D eigenvalue weighted by Crippen LogP contribution is -2.42. The first-order valence-electron chi connectivity index (χ1n) is 6.39. The molecule has 0 fully saturated rings. The summed E-state index contributed by atoms with van der Waals surface area (Å²) in [5, 5.41) is 5.58. The number of nitrogens with one attached hydrogen (secondary N) is 2. The Morgan fingerprint density at radius 3 is 3.05 bits per heavy atom. The number of rotatable bonds is 2. The van der Waals surface area contributed by atoms with Gasteiger partial charge in [0.25, 0.3) is 5.91 Å². The van der Waals surface area contributed by atoms with Crippen LogP contribution in [0.3, 0.4) is 0 Å². The van der Waals surface area contributed by atoms with E-state index in [4.69, 9.17) is 0 Å². The molecule has 0 aliphatic carbocycles. The molecule has 2 aromatic rings. The summed E-state index contributed by atoms with van der Waals surface area (Å²) < 4.78 is 0. The van der Waals surface area contributed by atoms with Gasteiger partial charge >= 0.3 is 0 Å². The van der Waals surface area contributed by atoms with Gasteiger partial charge in [-0.2, -0.15) is 0 Å². The molecule has 0 radical (unpaired) electrons. The second kappa shape index (κ2) is 5.20. The molecule has 7 heteroatoms. The Kier molecular flexibility index (Phi) is 3.23. The largest absolute Gasteiger partial charge is 0.372 e. The zero-order valence-electron chi connectivity index (χ0n) is 11.3. The zero-order valence-corrected chi connectivity index (χ0v) is 11.3. The Bertz CT molecular complexity index is 716. The number of carbonyl (C=O) groups is 2. The van der Waals surface area contributed by atoms with Crippen LogP contribution < -0.4 is 15.5 Å². The SMILES string of the molecule is CNc1ncccc1C(=O)N1CC(=O)Nc2cnccc21. The highest BCUT2D eigenvalue weighted by molar-refractivity contribution is 6.16. The van der Waals surface area contributed by atoms with Crippen molar-refractivity contribution in [1.82, 2.24) is 9.97 Å². The number of fused-ring (bicyclic) bond motifs is 1. The number of hydrogen-bond donors (Lipinski definition) is 2. The van der Waals surface area contributed by atoms with Crippen molar-refractivity contribution in [2.45, 2.75) is 0 Å². The summed E-state index contributed by atoms with van der Waals surface area (Å²) in [6.45, 7) is -0.0338. The van der Waals surface area contributed by atoms with Crippen molar-refractivity contribution < 1.29 is 9.59 Å². The summed E-state index contributed by atoms with van der Waals surface area (Å²) in [6.07, 6.45) is 4.71. The standard InChI is InChI=1S/C14H13N5O2/c1-15-13-9(3-2-5-17-13)14(21)19-8-12(20)18-10-7-16-6-4-11(10)19/h2-7H,8H2,1H3,(H,15,17)(H,18,20). The summed E-state index contributed by atoms with van der Waals surface area (Å²) in [6, 6.07) is 5.06. The first kappa shape index (κ1) is 13.0. The number of pyridine rings is 2. The van der Waals surface area contributed by atoms with E-state index in [1.54, 1.807) is 37.6 Å². The molecule has 1 aliphatic rings. The molecule has 0 atom stereocenters. The normalized spacial score (nSPS) is 13.4. The zero-order chi connectivity index (χ0) is 14.8. The Labute approximate surface area is 121 Å². The van der Waals surface area contributed by atoms with E-state index in [0.29, 0.717) is 22.8 Å². The molecule has 1 aliphatic heterocycles.